The van der Waals surface area contributed by atoms with Crippen molar-refractivity contribution in [2.45, 2.75) is 13.5 Å². The van der Waals surface area contributed by atoms with Crippen LogP contribution in [0.15, 0.2) is 30.3 Å². The van der Waals surface area contributed by atoms with Crippen LogP contribution < -0.4 is 15.5 Å². The van der Waals surface area contributed by atoms with E-state index in [4.69, 9.17) is 10.7 Å². The van der Waals surface area contributed by atoms with Gasteiger partial charge in [0.25, 0.3) is 0 Å². The topological polar surface area (TPSA) is 71.2 Å². The SMILES string of the molecule is Cc1nc(CN)cc(N2CCN(c3nc4ccccc4s3)CC2)n1. The Labute approximate surface area is 145 Å². The van der Waals surface area contributed by atoms with E-state index in [1.54, 1.807) is 11.3 Å². The zero-order valence-corrected chi connectivity index (χ0v) is 14.5. The number of aromatic nitrogens is 3. The van der Waals surface area contributed by atoms with Crippen LogP contribution in [0.2, 0.25) is 0 Å². The monoisotopic (exact) mass is 340 g/mol. The van der Waals surface area contributed by atoms with Crippen molar-refractivity contribution in [2.75, 3.05) is 36.0 Å². The fraction of sp³-hybridized carbons (Fsp3) is 0.353. The van der Waals surface area contributed by atoms with E-state index in [1.807, 2.05) is 19.1 Å². The molecule has 24 heavy (non-hydrogen) atoms. The molecule has 1 aromatic carbocycles. The first kappa shape index (κ1) is 15.3. The molecule has 3 aromatic rings. The lowest BCUT2D eigenvalue weighted by Gasteiger charge is -2.35. The van der Waals surface area contributed by atoms with E-state index >= 15 is 0 Å². The number of thiazole rings is 1. The summed E-state index contributed by atoms with van der Waals surface area (Å²) in [6, 6.07) is 10.3. The normalized spacial score (nSPS) is 15.2. The average Bonchev–Trinajstić information content (AvgIpc) is 3.05. The van der Waals surface area contributed by atoms with Gasteiger partial charge in [0.1, 0.15) is 11.6 Å². The minimum absolute atomic E-state index is 0.446. The summed E-state index contributed by atoms with van der Waals surface area (Å²) in [6.45, 7) is 6.11. The smallest absolute Gasteiger partial charge is 0.186 e. The Hall–Kier alpha value is -2.25. The molecule has 0 saturated carbocycles. The van der Waals surface area contributed by atoms with E-state index < -0.39 is 0 Å². The number of benzene rings is 1. The number of para-hydroxylation sites is 1. The first-order valence-corrected chi connectivity index (χ1v) is 8.95. The molecule has 4 rings (SSSR count). The standard InChI is InChI=1S/C17H20N6S/c1-12-19-13(11-18)10-16(20-12)22-6-8-23(9-7-22)17-21-14-4-2-3-5-15(14)24-17/h2-5,10H,6-9,11,18H2,1H3. The van der Waals surface area contributed by atoms with Gasteiger partial charge in [-0.3, -0.25) is 0 Å². The van der Waals surface area contributed by atoms with E-state index in [0.717, 1.165) is 54.2 Å². The molecule has 7 heteroatoms. The van der Waals surface area contributed by atoms with Crippen LogP contribution in [0.4, 0.5) is 10.9 Å². The van der Waals surface area contributed by atoms with Crippen LogP contribution >= 0.6 is 11.3 Å². The van der Waals surface area contributed by atoms with Crippen molar-refractivity contribution in [3.05, 3.63) is 41.9 Å². The molecular formula is C17H20N6S. The molecule has 0 amide bonds. The molecule has 0 atom stereocenters. The van der Waals surface area contributed by atoms with Gasteiger partial charge in [0.2, 0.25) is 0 Å². The van der Waals surface area contributed by atoms with Gasteiger partial charge in [-0.1, -0.05) is 23.5 Å². The van der Waals surface area contributed by atoms with Gasteiger partial charge >= 0.3 is 0 Å². The van der Waals surface area contributed by atoms with Crippen LogP contribution in [0.3, 0.4) is 0 Å². The fourth-order valence-electron chi connectivity index (χ4n) is 3.00. The second-order valence-electron chi connectivity index (χ2n) is 5.91. The average molecular weight is 340 g/mol. The van der Waals surface area contributed by atoms with Crippen LogP contribution in [-0.2, 0) is 6.54 Å². The minimum atomic E-state index is 0.446. The van der Waals surface area contributed by atoms with Crippen molar-refractivity contribution in [1.82, 2.24) is 15.0 Å². The first-order chi connectivity index (χ1) is 11.7. The van der Waals surface area contributed by atoms with Crippen molar-refractivity contribution >= 4 is 32.5 Å². The summed E-state index contributed by atoms with van der Waals surface area (Å²) in [5.41, 5.74) is 7.71. The zero-order valence-electron chi connectivity index (χ0n) is 13.6. The number of anilines is 2. The number of rotatable bonds is 3. The maximum absolute atomic E-state index is 5.73. The molecule has 3 heterocycles. The Balaban J connectivity index is 1.49. The Morgan fingerprint density at radius 3 is 2.54 bits per heavy atom. The van der Waals surface area contributed by atoms with Gasteiger partial charge in [-0.15, -0.1) is 0 Å². The minimum Gasteiger partial charge on any atom is -0.353 e. The van der Waals surface area contributed by atoms with Crippen molar-refractivity contribution in [2.24, 2.45) is 5.73 Å². The molecule has 1 saturated heterocycles. The van der Waals surface area contributed by atoms with Crippen LogP contribution in [0.5, 0.6) is 0 Å². The Bertz CT molecular complexity index is 820. The maximum Gasteiger partial charge on any atom is 0.186 e. The van der Waals surface area contributed by atoms with Gasteiger partial charge in [-0.2, -0.15) is 0 Å². The summed E-state index contributed by atoms with van der Waals surface area (Å²) in [7, 11) is 0. The molecule has 0 spiro atoms. The number of fused-ring (bicyclic) bond motifs is 1. The van der Waals surface area contributed by atoms with Crippen molar-refractivity contribution < 1.29 is 0 Å². The van der Waals surface area contributed by atoms with Gasteiger partial charge in [0.05, 0.1) is 15.9 Å². The van der Waals surface area contributed by atoms with E-state index in [0.29, 0.717) is 6.54 Å². The molecule has 0 unspecified atom stereocenters. The number of hydrogen-bond acceptors (Lipinski definition) is 7. The lowest BCUT2D eigenvalue weighted by Crippen LogP contribution is -2.47. The van der Waals surface area contributed by atoms with Gasteiger partial charge in [-0.25, -0.2) is 15.0 Å². The molecule has 1 fully saturated rings. The fourth-order valence-corrected chi connectivity index (χ4v) is 4.02. The van der Waals surface area contributed by atoms with Crippen LogP contribution in [0.1, 0.15) is 11.5 Å². The highest BCUT2D eigenvalue weighted by atomic mass is 32.1. The number of piperazine rings is 1. The van der Waals surface area contributed by atoms with E-state index in [1.165, 1.54) is 4.70 Å². The maximum atomic E-state index is 5.73. The van der Waals surface area contributed by atoms with Crippen LogP contribution in [-0.4, -0.2) is 41.1 Å². The van der Waals surface area contributed by atoms with Gasteiger partial charge in [0, 0.05) is 38.8 Å². The van der Waals surface area contributed by atoms with Crippen molar-refractivity contribution in [3.8, 4) is 0 Å². The highest BCUT2D eigenvalue weighted by Gasteiger charge is 2.21. The van der Waals surface area contributed by atoms with E-state index in [2.05, 4.69) is 38.0 Å². The molecule has 2 aromatic heterocycles. The van der Waals surface area contributed by atoms with Gasteiger partial charge < -0.3 is 15.5 Å². The molecule has 0 aliphatic carbocycles. The number of hydrogen-bond donors (Lipinski definition) is 1. The third kappa shape index (κ3) is 2.92. The summed E-state index contributed by atoms with van der Waals surface area (Å²) in [5.74, 6) is 1.76. The molecule has 6 nitrogen and oxygen atoms in total. The zero-order chi connectivity index (χ0) is 16.5. The molecule has 0 bridgehead atoms. The van der Waals surface area contributed by atoms with Gasteiger partial charge in [-0.05, 0) is 19.1 Å². The van der Waals surface area contributed by atoms with Crippen LogP contribution in [0, 0.1) is 6.92 Å². The second-order valence-corrected chi connectivity index (χ2v) is 6.92. The number of aryl methyl sites for hydroxylation is 1. The quantitative estimate of drug-likeness (QED) is 0.788. The largest absolute Gasteiger partial charge is 0.353 e. The Morgan fingerprint density at radius 1 is 1.04 bits per heavy atom. The molecule has 1 aliphatic heterocycles. The molecule has 2 N–H and O–H groups in total. The summed E-state index contributed by atoms with van der Waals surface area (Å²) in [4.78, 5) is 18.3. The van der Waals surface area contributed by atoms with Crippen LogP contribution in [0.25, 0.3) is 10.2 Å². The van der Waals surface area contributed by atoms with Gasteiger partial charge in [0.15, 0.2) is 5.13 Å². The summed E-state index contributed by atoms with van der Waals surface area (Å²) < 4.78 is 1.24. The number of nitrogens with zero attached hydrogens (tertiary/aromatic N) is 5. The molecule has 1 aliphatic rings. The lowest BCUT2D eigenvalue weighted by atomic mass is 10.3. The third-order valence-electron chi connectivity index (χ3n) is 4.24. The molecule has 124 valence electrons. The highest BCUT2D eigenvalue weighted by Crippen LogP contribution is 2.29. The van der Waals surface area contributed by atoms with Crippen molar-refractivity contribution in [3.63, 3.8) is 0 Å². The van der Waals surface area contributed by atoms with Crippen molar-refractivity contribution in [1.29, 1.82) is 0 Å². The molecule has 0 radical (unpaired) electrons. The predicted molar refractivity (Wildman–Crippen MR) is 98.7 cm³/mol. The lowest BCUT2D eigenvalue weighted by molar-refractivity contribution is 0.644. The second kappa shape index (κ2) is 6.33. The molecular weight excluding hydrogens is 320 g/mol. The predicted octanol–water partition coefficient (Wildman–Crippen LogP) is 2.18. The third-order valence-corrected chi connectivity index (χ3v) is 5.34. The summed E-state index contributed by atoms with van der Waals surface area (Å²) >= 11 is 1.76. The van der Waals surface area contributed by atoms with E-state index in [-0.39, 0.29) is 0 Å². The first-order valence-electron chi connectivity index (χ1n) is 8.13. The Kier molecular flexibility index (Phi) is 4.03. The summed E-state index contributed by atoms with van der Waals surface area (Å²) in [5, 5.41) is 1.11. The highest BCUT2D eigenvalue weighted by molar-refractivity contribution is 7.22. The Morgan fingerprint density at radius 2 is 1.79 bits per heavy atom. The number of nitrogens with two attached hydrogens (primary N) is 1. The van der Waals surface area contributed by atoms with E-state index in [9.17, 15) is 0 Å². The summed E-state index contributed by atoms with van der Waals surface area (Å²) in [6.07, 6.45) is 0.